The molecule has 0 aliphatic carbocycles. The molecule has 2 N–H and O–H groups in total. The maximum Gasteiger partial charge on any atom is 0.387 e. The Balaban J connectivity index is 0.00000392. The smallest absolute Gasteiger partial charge is 0.387 e. The van der Waals surface area contributed by atoms with Crippen LogP contribution in [0.3, 0.4) is 0 Å². The molecule has 0 amide bonds. The van der Waals surface area contributed by atoms with Crippen LogP contribution in [0.2, 0.25) is 0 Å². The first kappa shape index (κ1) is 23.7. The van der Waals surface area contributed by atoms with Gasteiger partial charge < -0.3 is 24.8 Å². The standard InChI is InChI=1S/C19H23F2N3O3.HI/c1-22-19(23-10-11-26-15-6-4-3-5-7-15)24-13-14-12-16(25-2)8-9-17(14)27-18(20)21;/h3-9,12,18H,10-11,13H2,1-2H3,(H2,22,23,24);1H. The molecule has 9 heteroatoms. The maximum absolute atomic E-state index is 12.6. The monoisotopic (exact) mass is 507 g/mol. The van der Waals surface area contributed by atoms with Gasteiger partial charge in [-0.1, -0.05) is 18.2 Å². The van der Waals surface area contributed by atoms with Gasteiger partial charge in [0.15, 0.2) is 5.96 Å². The van der Waals surface area contributed by atoms with E-state index in [2.05, 4.69) is 20.4 Å². The molecular weight excluding hydrogens is 483 g/mol. The number of nitrogens with zero attached hydrogens (tertiary/aromatic N) is 1. The Morgan fingerprint density at radius 2 is 1.82 bits per heavy atom. The molecule has 0 bridgehead atoms. The molecule has 0 unspecified atom stereocenters. The van der Waals surface area contributed by atoms with Crippen LogP contribution >= 0.6 is 24.0 Å². The predicted octanol–water partition coefficient (Wildman–Crippen LogP) is 3.66. The van der Waals surface area contributed by atoms with Crippen LogP contribution in [0.1, 0.15) is 5.56 Å². The van der Waals surface area contributed by atoms with Crippen molar-refractivity contribution in [2.24, 2.45) is 4.99 Å². The van der Waals surface area contributed by atoms with E-state index < -0.39 is 6.61 Å². The summed E-state index contributed by atoms with van der Waals surface area (Å²) in [7, 11) is 3.13. The molecule has 0 spiro atoms. The molecule has 0 aliphatic rings. The van der Waals surface area contributed by atoms with Gasteiger partial charge >= 0.3 is 6.61 Å². The predicted molar refractivity (Wildman–Crippen MR) is 115 cm³/mol. The highest BCUT2D eigenvalue weighted by molar-refractivity contribution is 14.0. The van der Waals surface area contributed by atoms with Crippen LogP contribution in [0.25, 0.3) is 0 Å². The molecule has 2 rings (SSSR count). The second kappa shape index (κ2) is 13.0. The van der Waals surface area contributed by atoms with E-state index >= 15 is 0 Å². The maximum atomic E-state index is 12.6. The fourth-order valence-corrected chi connectivity index (χ4v) is 2.29. The minimum Gasteiger partial charge on any atom is -0.497 e. The third-order valence-electron chi connectivity index (χ3n) is 3.56. The van der Waals surface area contributed by atoms with Crippen molar-refractivity contribution in [3.05, 3.63) is 54.1 Å². The minimum absolute atomic E-state index is 0. The minimum atomic E-state index is -2.90. The summed E-state index contributed by atoms with van der Waals surface area (Å²) in [6.45, 7) is -1.69. The topological polar surface area (TPSA) is 64.1 Å². The average Bonchev–Trinajstić information content (AvgIpc) is 2.68. The Morgan fingerprint density at radius 1 is 1.07 bits per heavy atom. The number of para-hydroxylation sites is 1. The molecule has 0 fully saturated rings. The lowest BCUT2D eigenvalue weighted by molar-refractivity contribution is -0.0504. The molecule has 0 radical (unpaired) electrons. The molecule has 0 aliphatic heterocycles. The van der Waals surface area contributed by atoms with Crippen molar-refractivity contribution in [2.45, 2.75) is 13.2 Å². The summed E-state index contributed by atoms with van der Waals surface area (Å²) in [6.07, 6.45) is 0. The largest absolute Gasteiger partial charge is 0.497 e. The molecule has 28 heavy (non-hydrogen) atoms. The lowest BCUT2D eigenvalue weighted by Crippen LogP contribution is -2.39. The highest BCUT2D eigenvalue weighted by atomic mass is 127. The number of nitrogens with one attached hydrogen (secondary N) is 2. The van der Waals surface area contributed by atoms with Gasteiger partial charge in [0.05, 0.1) is 13.7 Å². The van der Waals surface area contributed by atoms with Crippen molar-refractivity contribution >= 4 is 29.9 Å². The Kier molecular flexibility index (Phi) is 11.0. The van der Waals surface area contributed by atoms with Crippen molar-refractivity contribution in [2.75, 3.05) is 27.3 Å². The highest BCUT2D eigenvalue weighted by Gasteiger charge is 2.11. The second-order valence-corrected chi connectivity index (χ2v) is 5.37. The fourth-order valence-electron chi connectivity index (χ4n) is 2.29. The zero-order chi connectivity index (χ0) is 19.5. The second-order valence-electron chi connectivity index (χ2n) is 5.37. The number of hydrogen-bond donors (Lipinski definition) is 2. The number of ether oxygens (including phenoxy) is 3. The van der Waals surface area contributed by atoms with Crippen LogP contribution in [-0.2, 0) is 6.54 Å². The molecular formula is C19H24F2IN3O3. The Morgan fingerprint density at radius 3 is 2.46 bits per heavy atom. The van der Waals surface area contributed by atoms with Gasteiger partial charge in [-0.15, -0.1) is 24.0 Å². The summed E-state index contributed by atoms with van der Waals surface area (Å²) in [6, 6.07) is 14.1. The average molecular weight is 507 g/mol. The van der Waals surface area contributed by atoms with Gasteiger partial charge in [0.2, 0.25) is 0 Å². The summed E-state index contributed by atoms with van der Waals surface area (Å²) in [4.78, 5) is 4.10. The van der Waals surface area contributed by atoms with E-state index in [-0.39, 0.29) is 36.3 Å². The first-order chi connectivity index (χ1) is 13.1. The van der Waals surface area contributed by atoms with E-state index in [1.54, 1.807) is 19.2 Å². The molecule has 0 saturated heterocycles. The first-order valence-corrected chi connectivity index (χ1v) is 8.36. The van der Waals surface area contributed by atoms with Crippen molar-refractivity contribution in [3.63, 3.8) is 0 Å². The van der Waals surface area contributed by atoms with E-state index in [0.717, 1.165) is 5.75 Å². The van der Waals surface area contributed by atoms with Gasteiger partial charge in [-0.05, 0) is 30.3 Å². The van der Waals surface area contributed by atoms with Crippen LogP contribution in [0, 0.1) is 0 Å². The number of methoxy groups -OCH3 is 1. The molecule has 154 valence electrons. The molecule has 0 heterocycles. The quantitative estimate of drug-likeness (QED) is 0.235. The summed E-state index contributed by atoms with van der Waals surface area (Å²) >= 11 is 0. The van der Waals surface area contributed by atoms with Crippen molar-refractivity contribution < 1.29 is 23.0 Å². The van der Waals surface area contributed by atoms with Crippen molar-refractivity contribution in [1.82, 2.24) is 10.6 Å². The van der Waals surface area contributed by atoms with E-state index in [9.17, 15) is 8.78 Å². The van der Waals surface area contributed by atoms with Crippen LogP contribution in [0.4, 0.5) is 8.78 Å². The normalized spacial score (nSPS) is 10.8. The fraction of sp³-hybridized carbons (Fsp3) is 0.316. The summed E-state index contributed by atoms with van der Waals surface area (Å²) in [5.41, 5.74) is 0.526. The highest BCUT2D eigenvalue weighted by Crippen LogP contribution is 2.25. The van der Waals surface area contributed by atoms with Gasteiger partial charge in [-0.3, -0.25) is 4.99 Å². The third-order valence-corrected chi connectivity index (χ3v) is 3.56. The van der Waals surface area contributed by atoms with E-state index in [4.69, 9.17) is 9.47 Å². The first-order valence-electron chi connectivity index (χ1n) is 8.36. The Labute approximate surface area is 180 Å². The van der Waals surface area contributed by atoms with E-state index in [1.165, 1.54) is 13.2 Å². The van der Waals surface area contributed by atoms with Gasteiger partial charge in [0.25, 0.3) is 0 Å². The van der Waals surface area contributed by atoms with Crippen LogP contribution in [0.15, 0.2) is 53.5 Å². The van der Waals surface area contributed by atoms with E-state index in [0.29, 0.717) is 30.4 Å². The lowest BCUT2D eigenvalue weighted by Gasteiger charge is -2.15. The zero-order valence-electron chi connectivity index (χ0n) is 15.7. The van der Waals surface area contributed by atoms with Crippen LogP contribution in [-0.4, -0.2) is 39.9 Å². The number of guanidine groups is 1. The zero-order valence-corrected chi connectivity index (χ0v) is 18.0. The third kappa shape index (κ3) is 8.15. The molecule has 0 atom stereocenters. The molecule has 6 nitrogen and oxygen atoms in total. The molecule has 2 aromatic rings. The van der Waals surface area contributed by atoms with Gasteiger partial charge in [0.1, 0.15) is 23.9 Å². The van der Waals surface area contributed by atoms with Gasteiger partial charge in [-0.25, -0.2) is 0 Å². The number of hydrogen-bond acceptors (Lipinski definition) is 4. The van der Waals surface area contributed by atoms with Crippen molar-refractivity contribution in [3.8, 4) is 17.2 Å². The molecule has 2 aromatic carbocycles. The molecule has 0 saturated carbocycles. The van der Waals surface area contributed by atoms with E-state index in [1.807, 2.05) is 30.3 Å². The SMILES string of the molecule is CN=C(NCCOc1ccccc1)NCc1cc(OC)ccc1OC(F)F.I. The Hall–Kier alpha value is -2.30. The molecule has 0 aromatic heterocycles. The van der Waals surface area contributed by atoms with Crippen LogP contribution < -0.4 is 24.8 Å². The number of alkyl halides is 2. The van der Waals surface area contributed by atoms with Crippen LogP contribution in [0.5, 0.6) is 17.2 Å². The summed E-state index contributed by atoms with van der Waals surface area (Å²) < 4.78 is 40.4. The number of halogens is 3. The lowest BCUT2D eigenvalue weighted by atomic mass is 10.2. The summed E-state index contributed by atoms with van der Waals surface area (Å²) in [5.74, 6) is 1.93. The van der Waals surface area contributed by atoms with Gasteiger partial charge in [0, 0.05) is 19.2 Å². The number of rotatable bonds is 9. The van der Waals surface area contributed by atoms with Gasteiger partial charge in [-0.2, -0.15) is 8.78 Å². The number of benzene rings is 2. The summed E-state index contributed by atoms with van der Waals surface area (Å²) in [5, 5.41) is 6.14. The van der Waals surface area contributed by atoms with Crippen molar-refractivity contribution in [1.29, 1.82) is 0 Å². The number of aliphatic imine (C=N–C) groups is 1. The Bertz CT molecular complexity index is 734.